The van der Waals surface area contributed by atoms with Crippen molar-refractivity contribution in [2.24, 2.45) is 0 Å². The van der Waals surface area contributed by atoms with E-state index in [9.17, 15) is 0 Å². The second-order valence-electron chi connectivity index (χ2n) is 4.21. The lowest BCUT2D eigenvalue weighted by Gasteiger charge is -2.06. The molecule has 1 heterocycles. The molecule has 2 rings (SSSR count). The zero-order chi connectivity index (χ0) is 10.1. The highest BCUT2D eigenvalue weighted by Crippen LogP contribution is 2.42. The summed E-state index contributed by atoms with van der Waals surface area (Å²) in [6.45, 7) is 5.27. The van der Waals surface area contributed by atoms with Crippen molar-refractivity contribution in [1.29, 1.82) is 0 Å². The van der Waals surface area contributed by atoms with Gasteiger partial charge in [0.15, 0.2) is 0 Å². The van der Waals surface area contributed by atoms with Crippen molar-refractivity contribution in [3.05, 3.63) is 11.5 Å². The average molecular weight is 193 g/mol. The van der Waals surface area contributed by atoms with E-state index in [0.717, 1.165) is 23.9 Å². The molecule has 0 atom stereocenters. The maximum Gasteiger partial charge on any atom is 0.127 e. The minimum Gasteiger partial charge on any atom is -0.384 e. The summed E-state index contributed by atoms with van der Waals surface area (Å²) in [5.74, 6) is 2.66. The van der Waals surface area contributed by atoms with Crippen molar-refractivity contribution in [2.45, 2.75) is 52.0 Å². The van der Waals surface area contributed by atoms with Crippen molar-refractivity contribution >= 4 is 5.82 Å². The molecule has 0 spiro atoms. The summed E-state index contributed by atoms with van der Waals surface area (Å²) in [4.78, 5) is 4.56. The number of hydrogen-bond acceptors (Lipinski definition) is 2. The molecule has 2 N–H and O–H groups in total. The van der Waals surface area contributed by atoms with Crippen LogP contribution in [0.2, 0.25) is 0 Å². The van der Waals surface area contributed by atoms with E-state index in [1.54, 1.807) is 0 Å². The standard InChI is InChI=1S/C11H19N3/c1-3-4-7-14-8(2)13-10(11(14)12)9-5-6-9/h9H,3-7,12H2,1-2H3. The van der Waals surface area contributed by atoms with Gasteiger partial charge >= 0.3 is 0 Å². The van der Waals surface area contributed by atoms with Gasteiger partial charge in [0.1, 0.15) is 11.6 Å². The van der Waals surface area contributed by atoms with E-state index in [1.165, 1.54) is 25.7 Å². The first-order valence-electron chi connectivity index (χ1n) is 5.56. The maximum atomic E-state index is 6.09. The van der Waals surface area contributed by atoms with Gasteiger partial charge in [-0.1, -0.05) is 13.3 Å². The normalized spacial score (nSPS) is 16.1. The van der Waals surface area contributed by atoms with Crippen LogP contribution in [0, 0.1) is 6.92 Å². The quantitative estimate of drug-likeness (QED) is 0.798. The summed E-state index contributed by atoms with van der Waals surface area (Å²) in [6.07, 6.45) is 4.93. The van der Waals surface area contributed by atoms with Crippen LogP contribution in [0.15, 0.2) is 0 Å². The van der Waals surface area contributed by atoms with Crippen LogP contribution >= 0.6 is 0 Å². The molecule has 0 unspecified atom stereocenters. The maximum absolute atomic E-state index is 6.09. The second-order valence-corrected chi connectivity index (χ2v) is 4.21. The van der Waals surface area contributed by atoms with Crippen LogP contribution < -0.4 is 5.73 Å². The number of aromatic nitrogens is 2. The molecule has 0 amide bonds. The lowest BCUT2D eigenvalue weighted by atomic mass is 10.3. The molecule has 0 bridgehead atoms. The topological polar surface area (TPSA) is 43.8 Å². The van der Waals surface area contributed by atoms with Crippen molar-refractivity contribution in [1.82, 2.24) is 9.55 Å². The number of aryl methyl sites for hydroxylation is 1. The highest BCUT2D eigenvalue weighted by molar-refractivity contribution is 5.42. The fourth-order valence-corrected chi connectivity index (χ4v) is 1.86. The number of rotatable bonds is 4. The Bertz CT molecular complexity index is 324. The lowest BCUT2D eigenvalue weighted by Crippen LogP contribution is -2.05. The first-order chi connectivity index (χ1) is 6.74. The first-order valence-corrected chi connectivity index (χ1v) is 5.56. The second kappa shape index (κ2) is 3.64. The molecule has 0 aliphatic heterocycles. The molecule has 0 radical (unpaired) electrons. The van der Waals surface area contributed by atoms with Crippen molar-refractivity contribution in [3.8, 4) is 0 Å². The molecule has 3 heteroatoms. The van der Waals surface area contributed by atoms with Crippen LogP contribution in [-0.2, 0) is 6.54 Å². The predicted octanol–water partition coefficient (Wildman–Crippen LogP) is 2.45. The minimum absolute atomic E-state index is 0.663. The Labute approximate surface area is 85.3 Å². The first kappa shape index (κ1) is 9.56. The summed E-state index contributed by atoms with van der Waals surface area (Å²) in [6, 6.07) is 0. The van der Waals surface area contributed by atoms with Gasteiger partial charge in [-0.25, -0.2) is 4.98 Å². The monoisotopic (exact) mass is 193 g/mol. The molecule has 1 aromatic rings. The van der Waals surface area contributed by atoms with E-state index >= 15 is 0 Å². The molecular formula is C11H19N3. The van der Waals surface area contributed by atoms with E-state index < -0.39 is 0 Å². The van der Waals surface area contributed by atoms with Crippen LogP contribution in [0.4, 0.5) is 5.82 Å². The van der Waals surface area contributed by atoms with Gasteiger partial charge in [0.05, 0.1) is 5.69 Å². The Hall–Kier alpha value is -0.990. The van der Waals surface area contributed by atoms with E-state index in [-0.39, 0.29) is 0 Å². The Morgan fingerprint density at radius 1 is 1.50 bits per heavy atom. The molecule has 0 aromatic carbocycles. The molecule has 1 aliphatic rings. The fraction of sp³-hybridized carbons (Fsp3) is 0.727. The Morgan fingerprint density at radius 2 is 2.21 bits per heavy atom. The van der Waals surface area contributed by atoms with Gasteiger partial charge in [0.25, 0.3) is 0 Å². The Morgan fingerprint density at radius 3 is 2.79 bits per heavy atom. The fourth-order valence-electron chi connectivity index (χ4n) is 1.86. The van der Waals surface area contributed by atoms with Crippen LogP contribution in [0.5, 0.6) is 0 Å². The molecule has 1 saturated carbocycles. The lowest BCUT2D eigenvalue weighted by molar-refractivity contribution is 0.622. The van der Waals surface area contributed by atoms with Crippen LogP contribution in [-0.4, -0.2) is 9.55 Å². The number of unbranched alkanes of at least 4 members (excludes halogenated alkanes) is 1. The SMILES string of the molecule is CCCCn1c(C)nc(C2CC2)c1N. The molecule has 1 aliphatic carbocycles. The van der Waals surface area contributed by atoms with E-state index in [0.29, 0.717) is 5.92 Å². The average Bonchev–Trinajstić information content (AvgIpc) is 2.94. The summed E-state index contributed by atoms with van der Waals surface area (Å²) in [5, 5.41) is 0. The molecule has 0 saturated heterocycles. The van der Waals surface area contributed by atoms with E-state index in [4.69, 9.17) is 5.73 Å². The minimum atomic E-state index is 0.663. The predicted molar refractivity (Wildman–Crippen MR) is 58.3 cm³/mol. The van der Waals surface area contributed by atoms with Crippen molar-refractivity contribution in [3.63, 3.8) is 0 Å². The highest BCUT2D eigenvalue weighted by Gasteiger charge is 2.29. The number of imidazole rings is 1. The van der Waals surface area contributed by atoms with E-state index in [1.807, 2.05) is 0 Å². The van der Waals surface area contributed by atoms with Crippen LogP contribution in [0.1, 0.15) is 50.0 Å². The molecular weight excluding hydrogens is 174 g/mol. The van der Waals surface area contributed by atoms with Crippen LogP contribution in [0.3, 0.4) is 0 Å². The molecule has 1 aromatic heterocycles. The largest absolute Gasteiger partial charge is 0.384 e. The summed E-state index contributed by atoms with van der Waals surface area (Å²) in [7, 11) is 0. The highest BCUT2D eigenvalue weighted by atomic mass is 15.1. The molecule has 1 fully saturated rings. The van der Waals surface area contributed by atoms with Gasteiger partial charge in [-0.05, 0) is 26.2 Å². The summed E-state index contributed by atoms with van der Waals surface area (Å²) >= 11 is 0. The Kier molecular flexibility index (Phi) is 2.48. The van der Waals surface area contributed by atoms with Gasteiger partial charge in [0.2, 0.25) is 0 Å². The third-order valence-corrected chi connectivity index (χ3v) is 2.93. The van der Waals surface area contributed by atoms with Gasteiger partial charge in [-0.3, -0.25) is 0 Å². The third-order valence-electron chi connectivity index (χ3n) is 2.93. The molecule has 14 heavy (non-hydrogen) atoms. The van der Waals surface area contributed by atoms with Gasteiger partial charge in [-0.15, -0.1) is 0 Å². The Balaban J connectivity index is 2.20. The molecule has 3 nitrogen and oxygen atoms in total. The third kappa shape index (κ3) is 1.63. The number of nitrogens with two attached hydrogens (primary N) is 1. The van der Waals surface area contributed by atoms with Gasteiger partial charge in [0, 0.05) is 12.5 Å². The van der Waals surface area contributed by atoms with Crippen molar-refractivity contribution in [2.75, 3.05) is 5.73 Å². The summed E-state index contributed by atoms with van der Waals surface area (Å²) in [5.41, 5.74) is 7.24. The van der Waals surface area contributed by atoms with Gasteiger partial charge < -0.3 is 10.3 Å². The number of hydrogen-bond donors (Lipinski definition) is 1. The van der Waals surface area contributed by atoms with Crippen molar-refractivity contribution < 1.29 is 0 Å². The number of nitrogens with zero attached hydrogens (tertiary/aromatic N) is 2. The smallest absolute Gasteiger partial charge is 0.127 e. The zero-order valence-corrected chi connectivity index (χ0v) is 9.08. The number of nitrogen functional groups attached to an aromatic ring is 1. The van der Waals surface area contributed by atoms with E-state index in [2.05, 4.69) is 23.4 Å². The zero-order valence-electron chi connectivity index (χ0n) is 9.08. The summed E-state index contributed by atoms with van der Waals surface area (Å²) < 4.78 is 2.16. The molecule has 78 valence electrons. The number of anilines is 1. The van der Waals surface area contributed by atoms with Gasteiger partial charge in [-0.2, -0.15) is 0 Å². The van der Waals surface area contributed by atoms with Crippen LogP contribution in [0.25, 0.3) is 0 Å².